The summed E-state index contributed by atoms with van der Waals surface area (Å²) < 4.78 is 17.3. The first kappa shape index (κ1) is 16.9. The van der Waals surface area contributed by atoms with Gasteiger partial charge in [0, 0.05) is 26.6 Å². The van der Waals surface area contributed by atoms with Crippen LogP contribution < -0.4 is 5.32 Å². The molecule has 0 unspecified atom stereocenters. The average Bonchev–Trinajstić information content (AvgIpc) is 2.48. The third-order valence-electron chi connectivity index (χ3n) is 2.99. The van der Waals surface area contributed by atoms with E-state index >= 15 is 0 Å². The zero-order valence-corrected chi connectivity index (χ0v) is 12.4. The number of nitrogens with one attached hydrogen (secondary N) is 1. The topological polar surface area (TPSA) is 58.6 Å². The molecule has 0 aliphatic rings. The fraction of sp³-hybridized carbons (Fsp3) is 0.467. The Morgan fingerprint density at radius 3 is 2.52 bits per heavy atom. The molecule has 6 heteroatoms. The predicted octanol–water partition coefficient (Wildman–Crippen LogP) is 2.31. The van der Waals surface area contributed by atoms with Crippen molar-refractivity contribution in [3.05, 3.63) is 35.6 Å². The Balaban J connectivity index is 2.22. The number of esters is 1. The molecule has 2 amide bonds. The molecule has 1 rings (SSSR count). The number of benzene rings is 1. The number of carbonyl (C=O) groups excluding carboxylic acids is 2. The van der Waals surface area contributed by atoms with Crippen LogP contribution in [-0.4, -0.2) is 37.6 Å². The van der Waals surface area contributed by atoms with Gasteiger partial charge in [0.15, 0.2) is 0 Å². The first-order valence-electron chi connectivity index (χ1n) is 6.83. The van der Waals surface area contributed by atoms with Crippen molar-refractivity contribution in [2.24, 2.45) is 0 Å². The molecule has 0 heterocycles. The molecule has 0 fully saturated rings. The fourth-order valence-electron chi connectivity index (χ4n) is 1.76. The number of amides is 2. The number of halogens is 1. The summed E-state index contributed by atoms with van der Waals surface area (Å²) in [6, 6.07) is 5.84. The van der Waals surface area contributed by atoms with Crippen LogP contribution in [0, 0.1) is 5.82 Å². The third-order valence-corrected chi connectivity index (χ3v) is 2.99. The van der Waals surface area contributed by atoms with Gasteiger partial charge in [-0.05, 0) is 30.5 Å². The molecule has 0 aliphatic heterocycles. The number of unbranched alkanes of at least 4 members (excludes halogenated alkanes) is 1. The Labute approximate surface area is 124 Å². The molecule has 0 spiro atoms. The zero-order valence-electron chi connectivity index (χ0n) is 12.4. The van der Waals surface area contributed by atoms with E-state index < -0.39 is 0 Å². The van der Waals surface area contributed by atoms with Crippen LogP contribution in [0.3, 0.4) is 0 Å². The highest BCUT2D eigenvalue weighted by Crippen LogP contribution is 2.05. The van der Waals surface area contributed by atoms with Crippen LogP contribution in [0.25, 0.3) is 0 Å². The summed E-state index contributed by atoms with van der Waals surface area (Å²) in [5, 5.41) is 2.77. The van der Waals surface area contributed by atoms with Crippen molar-refractivity contribution in [3.8, 4) is 0 Å². The minimum absolute atomic E-state index is 0.197. The summed E-state index contributed by atoms with van der Waals surface area (Å²) >= 11 is 0. The van der Waals surface area contributed by atoms with Crippen molar-refractivity contribution in [2.45, 2.75) is 25.8 Å². The largest absolute Gasteiger partial charge is 0.469 e. The molecule has 0 aromatic heterocycles. The number of carbonyl (C=O) groups is 2. The number of hydrogen-bond acceptors (Lipinski definition) is 3. The van der Waals surface area contributed by atoms with Crippen molar-refractivity contribution >= 4 is 12.0 Å². The second-order valence-electron chi connectivity index (χ2n) is 4.75. The lowest BCUT2D eigenvalue weighted by atomic mass is 10.2. The molecule has 0 saturated carbocycles. The van der Waals surface area contributed by atoms with Crippen LogP contribution in [-0.2, 0) is 16.1 Å². The number of nitrogens with zero attached hydrogens (tertiary/aromatic N) is 1. The number of rotatable bonds is 7. The van der Waals surface area contributed by atoms with Gasteiger partial charge in [-0.2, -0.15) is 0 Å². The quantitative estimate of drug-likeness (QED) is 0.620. The van der Waals surface area contributed by atoms with E-state index in [1.165, 1.54) is 24.1 Å². The van der Waals surface area contributed by atoms with E-state index in [4.69, 9.17) is 0 Å². The number of urea groups is 1. The molecule has 116 valence electrons. The molecule has 0 aliphatic carbocycles. The van der Waals surface area contributed by atoms with Gasteiger partial charge < -0.3 is 15.0 Å². The first-order valence-corrected chi connectivity index (χ1v) is 6.83. The summed E-state index contributed by atoms with van der Waals surface area (Å²) in [5.74, 6) is -0.536. The van der Waals surface area contributed by atoms with Gasteiger partial charge in [0.1, 0.15) is 5.82 Å². The van der Waals surface area contributed by atoms with Crippen molar-refractivity contribution in [3.63, 3.8) is 0 Å². The number of methoxy groups -OCH3 is 1. The van der Waals surface area contributed by atoms with Crippen LogP contribution in [0.15, 0.2) is 24.3 Å². The molecular formula is C15H21FN2O3. The summed E-state index contributed by atoms with van der Waals surface area (Å²) in [5.41, 5.74) is 0.861. The summed E-state index contributed by atoms with van der Waals surface area (Å²) in [6.07, 6.45) is 1.75. The second-order valence-corrected chi connectivity index (χ2v) is 4.75. The summed E-state index contributed by atoms with van der Waals surface area (Å²) in [6.45, 7) is 0.915. The summed E-state index contributed by atoms with van der Waals surface area (Å²) in [7, 11) is 3.03. The standard InChI is InChI=1S/C15H21FN2O3/c1-18(11-12-6-8-13(16)9-7-12)15(20)17-10-4-3-5-14(19)21-2/h6-9H,3-5,10-11H2,1-2H3,(H,17,20). The molecule has 0 atom stereocenters. The van der Waals surface area contributed by atoms with E-state index in [1.54, 1.807) is 19.2 Å². The zero-order chi connectivity index (χ0) is 15.7. The molecule has 0 saturated heterocycles. The Morgan fingerprint density at radius 2 is 1.90 bits per heavy atom. The van der Waals surface area contributed by atoms with E-state index in [0.29, 0.717) is 32.4 Å². The Bertz CT molecular complexity index is 462. The van der Waals surface area contributed by atoms with E-state index in [1.807, 2.05) is 0 Å². The van der Waals surface area contributed by atoms with Crippen LogP contribution in [0.1, 0.15) is 24.8 Å². The minimum atomic E-state index is -0.295. The maximum atomic E-state index is 12.8. The lowest BCUT2D eigenvalue weighted by molar-refractivity contribution is -0.140. The van der Waals surface area contributed by atoms with Gasteiger partial charge in [0.05, 0.1) is 7.11 Å². The first-order chi connectivity index (χ1) is 10.0. The van der Waals surface area contributed by atoms with E-state index in [2.05, 4.69) is 10.1 Å². The van der Waals surface area contributed by atoms with Gasteiger partial charge >= 0.3 is 12.0 Å². The fourth-order valence-corrected chi connectivity index (χ4v) is 1.76. The van der Waals surface area contributed by atoms with Crippen molar-refractivity contribution in [2.75, 3.05) is 20.7 Å². The van der Waals surface area contributed by atoms with E-state index in [9.17, 15) is 14.0 Å². The SMILES string of the molecule is COC(=O)CCCCNC(=O)N(C)Cc1ccc(F)cc1. The van der Waals surface area contributed by atoms with Crippen LogP contribution in [0.5, 0.6) is 0 Å². The lowest BCUT2D eigenvalue weighted by Crippen LogP contribution is -2.37. The molecule has 1 aromatic rings. The molecule has 21 heavy (non-hydrogen) atoms. The van der Waals surface area contributed by atoms with Gasteiger partial charge in [-0.15, -0.1) is 0 Å². The highest BCUT2D eigenvalue weighted by molar-refractivity contribution is 5.73. The van der Waals surface area contributed by atoms with Gasteiger partial charge in [-0.25, -0.2) is 9.18 Å². The van der Waals surface area contributed by atoms with Crippen LogP contribution in [0.4, 0.5) is 9.18 Å². The van der Waals surface area contributed by atoms with Crippen LogP contribution in [0.2, 0.25) is 0 Å². The number of ether oxygens (including phenoxy) is 1. The molecule has 1 aromatic carbocycles. The van der Waals surface area contributed by atoms with Crippen molar-refractivity contribution in [1.29, 1.82) is 0 Å². The molecular weight excluding hydrogens is 275 g/mol. The maximum absolute atomic E-state index is 12.8. The Morgan fingerprint density at radius 1 is 1.24 bits per heavy atom. The van der Waals surface area contributed by atoms with E-state index in [0.717, 1.165) is 5.56 Å². The Kier molecular flexibility index (Phi) is 7.21. The normalized spacial score (nSPS) is 10.0. The molecule has 0 bridgehead atoms. The Hall–Kier alpha value is -2.11. The van der Waals surface area contributed by atoms with Crippen LogP contribution >= 0.6 is 0 Å². The highest BCUT2D eigenvalue weighted by atomic mass is 19.1. The minimum Gasteiger partial charge on any atom is -0.469 e. The summed E-state index contributed by atoms with van der Waals surface area (Å²) in [4.78, 5) is 24.2. The lowest BCUT2D eigenvalue weighted by Gasteiger charge is -2.18. The van der Waals surface area contributed by atoms with E-state index in [-0.39, 0.29) is 17.8 Å². The molecule has 5 nitrogen and oxygen atoms in total. The highest BCUT2D eigenvalue weighted by Gasteiger charge is 2.08. The van der Waals surface area contributed by atoms with Gasteiger partial charge in [-0.3, -0.25) is 4.79 Å². The smallest absolute Gasteiger partial charge is 0.317 e. The monoisotopic (exact) mass is 296 g/mol. The maximum Gasteiger partial charge on any atom is 0.317 e. The van der Waals surface area contributed by atoms with Crippen molar-refractivity contribution < 1.29 is 18.7 Å². The average molecular weight is 296 g/mol. The van der Waals surface area contributed by atoms with Gasteiger partial charge in [0.25, 0.3) is 0 Å². The number of hydrogen-bond donors (Lipinski definition) is 1. The molecule has 0 radical (unpaired) electrons. The predicted molar refractivity (Wildman–Crippen MR) is 77.1 cm³/mol. The van der Waals surface area contributed by atoms with Gasteiger partial charge in [-0.1, -0.05) is 12.1 Å². The van der Waals surface area contributed by atoms with Gasteiger partial charge in [0.2, 0.25) is 0 Å². The second kappa shape index (κ2) is 8.94. The molecule has 1 N–H and O–H groups in total. The third kappa shape index (κ3) is 6.74. The van der Waals surface area contributed by atoms with Crippen molar-refractivity contribution in [1.82, 2.24) is 10.2 Å².